The minimum atomic E-state index is 0.525. The number of nitrogens with one attached hydrogen (secondary N) is 1. The number of hydrogen-bond donors (Lipinski definition) is 1. The highest BCUT2D eigenvalue weighted by atomic mass is 15.2. The summed E-state index contributed by atoms with van der Waals surface area (Å²) < 4.78 is 0. The van der Waals surface area contributed by atoms with E-state index in [0.717, 1.165) is 5.95 Å². The Labute approximate surface area is 97.1 Å². The molecule has 1 fully saturated rings. The maximum absolute atomic E-state index is 4.19. The normalized spacial score (nSPS) is 18.9. The maximum atomic E-state index is 4.19. The zero-order valence-corrected chi connectivity index (χ0v) is 10.1. The predicted molar refractivity (Wildman–Crippen MR) is 65.4 cm³/mol. The topological polar surface area (TPSA) is 41.0 Å². The minimum absolute atomic E-state index is 0.525. The Kier molecular flexibility index (Phi) is 3.72. The van der Waals surface area contributed by atoms with Gasteiger partial charge in [0, 0.05) is 37.6 Å². The van der Waals surface area contributed by atoms with Crippen molar-refractivity contribution in [1.29, 1.82) is 0 Å². The fourth-order valence-electron chi connectivity index (χ4n) is 2.12. The number of aromatic nitrogens is 2. The Morgan fingerprint density at radius 2 is 1.88 bits per heavy atom. The highest BCUT2D eigenvalue weighted by molar-refractivity contribution is 5.24. The number of rotatable bonds is 3. The van der Waals surface area contributed by atoms with E-state index in [0.29, 0.717) is 12.1 Å². The average Bonchev–Trinajstić information content (AvgIpc) is 2.31. The van der Waals surface area contributed by atoms with Gasteiger partial charge in [-0.1, -0.05) is 0 Å². The molecule has 0 aromatic carbocycles. The van der Waals surface area contributed by atoms with Gasteiger partial charge in [-0.15, -0.1) is 0 Å². The Morgan fingerprint density at radius 3 is 2.44 bits per heavy atom. The molecule has 2 heterocycles. The van der Waals surface area contributed by atoms with Gasteiger partial charge in [-0.25, -0.2) is 9.97 Å². The third kappa shape index (κ3) is 2.92. The van der Waals surface area contributed by atoms with E-state index >= 15 is 0 Å². The van der Waals surface area contributed by atoms with Crippen LogP contribution in [0.2, 0.25) is 0 Å². The van der Waals surface area contributed by atoms with Crippen LogP contribution in [-0.4, -0.2) is 40.0 Å². The van der Waals surface area contributed by atoms with Gasteiger partial charge >= 0.3 is 0 Å². The molecule has 16 heavy (non-hydrogen) atoms. The summed E-state index contributed by atoms with van der Waals surface area (Å²) in [5.74, 6) is 0.755. The highest BCUT2D eigenvalue weighted by Crippen LogP contribution is 2.15. The molecule has 1 aromatic heterocycles. The zero-order chi connectivity index (χ0) is 11.4. The van der Waals surface area contributed by atoms with Gasteiger partial charge in [-0.3, -0.25) is 0 Å². The van der Waals surface area contributed by atoms with E-state index in [2.05, 4.69) is 34.0 Å². The summed E-state index contributed by atoms with van der Waals surface area (Å²) in [7, 11) is 0. The molecule has 0 spiro atoms. The summed E-state index contributed by atoms with van der Waals surface area (Å²) in [5, 5.41) is 3.39. The summed E-state index contributed by atoms with van der Waals surface area (Å²) in [4.78, 5) is 10.9. The Hall–Kier alpha value is -1.16. The lowest BCUT2D eigenvalue weighted by molar-refractivity contribution is 0.177. The van der Waals surface area contributed by atoms with Crippen LogP contribution in [-0.2, 0) is 0 Å². The van der Waals surface area contributed by atoms with Crippen molar-refractivity contribution in [2.45, 2.75) is 38.8 Å². The van der Waals surface area contributed by atoms with Crippen LogP contribution in [0.5, 0.6) is 0 Å². The molecule has 0 amide bonds. The molecular weight excluding hydrogens is 200 g/mol. The molecule has 0 saturated carbocycles. The molecule has 1 N–H and O–H groups in total. The first-order chi connectivity index (χ1) is 7.75. The highest BCUT2D eigenvalue weighted by Gasteiger charge is 2.20. The van der Waals surface area contributed by atoms with Gasteiger partial charge in [0.05, 0.1) is 0 Å². The molecule has 1 saturated heterocycles. The zero-order valence-electron chi connectivity index (χ0n) is 10.1. The third-order valence-electron chi connectivity index (χ3n) is 3.16. The lowest BCUT2D eigenvalue weighted by atomic mass is 10.0. The van der Waals surface area contributed by atoms with E-state index < -0.39 is 0 Å². The van der Waals surface area contributed by atoms with Crippen LogP contribution < -0.4 is 5.32 Å². The number of likely N-dealkylation sites (tertiary alicyclic amines) is 1. The minimum Gasteiger partial charge on any atom is -0.351 e. The van der Waals surface area contributed by atoms with Gasteiger partial charge in [0.2, 0.25) is 5.95 Å². The van der Waals surface area contributed by atoms with E-state index in [4.69, 9.17) is 0 Å². The maximum Gasteiger partial charge on any atom is 0.222 e. The van der Waals surface area contributed by atoms with Crippen molar-refractivity contribution in [3.63, 3.8) is 0 Å². The van der Waals surface area contributed by atoms with Gasteiger partial charge in [0.1, 0.15) is 0 Å². The standard InChI is InChI=1S/C12H20N4/c1-10(2)16-8-4-11(5-9-16)15-12-13-6-3-7-14-12/h3,6-7,10-11H,4-5,8-9H2,1-2H3,(H,13,14,15). The Bertz CT molecular complexity index is 304. The van der Waals surface area contributed by atoms with Crippen LogP contribution in [0.1, 0.15) is 26.7 Å². The van der Waals surface area contributed by atoms with Gasteiger partial charge < -0.3 is 10.2 Å². The summed E-state index contributed by atoms with van der Waals surface area (Å²) in [6.45, 7) is 6.85. The van der Waals surface area contributed by atoms with E-state index in [1.54, 1.807) is 12.4 Å². The van der Waals surface area contributed by atoms with Crippen molar-refractivity contribution in [3.8, 4) is 0 Å². The summed E-state index contributed by atoms with van der Waals surface area (Å²) in [6.07, 6.45) is 5.91. The number of hydrogen-bond acceptors (Lipinski definition) is 4. The van der Waals surface area contributed by atoms with Crippen molar-refractivity contribution in [3.05, 3.63) is 18.5 Å². The van der Waals surface area contributed by atoms with Gasteiger partial charge in [0.15, 0.2) is 0 Å². The molecule has 0 aliphatic carbocycles. The van der Waals surface area contributed by atoms with E-state index in [1.807, 2.05) is 6.07 Å². The molecule has 1 aliphatic rings. The first-order valence-corrected chi connectivity index (χ1v) is 6.03. The monoisotopic (exact) mass is 220 g/mol. The summed E-state index contributed by atoms with van der Waals surface area (Å²) >= 11 is 0. The van der Waals surface area contributed by atoms with Gasteiger partial charge in [-0.05, 0) is 32.8 Å². The molecule has 1 aromatic rings. The molecule has 4 nitrogen and oxygen atoms in total. The fourth-order valence-corrected chi connectivity index (χ4v) is 2.12. The summed E-state index contributed by atoms with van der Waals surface area (Å²) in [6, 6.07) is 3.03. The van der Waals surface area contributed by atoms with Crippen molar-refractivity contribution in [1.82, 2.24) is 14.9 Å². The largest absolute Gasteiger partial charge is 0.351 e. The van der Waals surface area contributed by atoms with Crippen LogP contribution in [0.4, 0.5) is 5.95 Å². The van der Waals surface area contributed by atoms with Crippen LogP contribution in [0.25, 0.3) is 0 Å². The first-order valence-electron chi connectivity index (χ1n) is 6.03. The number of anilines is 1. The SMILES string of the molecule is CC(C)N1CCC(Nc2ncccn2)CC1. The van der Waals surface area contributed by atoms with E-state index in [9.17, 15) is 0 Å². The third-order valence-corrected chi connectivity index (χ3v) is 3.16. The molecule has 0 unspecified atom stereocenters. The van der Waals surface area contributed by atoms with Gasteiger partial charge in [-0.2, -0.15) is 0 Å². The van der Waals surface area contributed by atoms with Crippen LogP contribution in [0.3, 0.4) is 0 Å². The first kappa shape index (κ1) is 11.3. The number of nitrogens with zero attached hydrogens (tertiary/aromatic N) is 3. The Balaban J connectivity index is 1.82. The lowest BCUT2D eigenvalue weighted by Gasteiger charge is -2.34. The molecular formula is C12H20N4. The van der Waals surface area contributed by atoms with Crippen LogP contribution in [0, 0.1) is 0 Å². The van der Waals surface area contributed by atoms with E-state index in [1.165, 1.54) is 25.9 Å². The predicted octanol–water partition coefficient (Wildman–Crippen LogP) is 1.76. The number of piperidine rings is 1. The van der Waals surface area contributed by atoms with Crippen molar-refractivity contribution in [2.24, 2.45) is 0 Å². The second-order valence-corrected chi connectivity index (χ2v) is 4.62. The van der Waals surface area contributed by atoms with Crippen molar-refractivity contribution in [2.75, 3.05) is 18.4 Å². The molecule has 0 bridgehead atoms. The lowest BCUT2D eigenvalue weighted by Crippen LogP contribution is -2.42. The molecule has 0 atom stereocenters. The molecule has 4 heteroatoms. The van der Waals surface area contributed by atoms with E-state index in [-0.39, 0.29) is 0 Å². The summed E-state index contributed by atoms with van der Waals surface area (Å²) in [5.41, 5.74) is 0. The second-order valence-electron chi connectivity index (χ2n) is 4.62. The van der Waals surface area contributed by atoms with Crippen LogP contribution >= 0.6 is 0 Å². The molecule has 1 aliphatic heterocycles. The van der Waals surface area contributed by atoms with Crippen molar-refractivity contribution < 1.29 is 0 Å². The van der Waals surface area contributed by atoms with Gasteiger partial charge in [0.25, 0.3) is 0 Å². The molecule has 2 rings (SSSR count). The second kappa shape index (κ2) is 5.25. The average molecular weight is 220 g/mol. The van der Waals surface area contributed by atoms with Crippen LogP contribution in [0.15, 0.2) is 18.5 Å². The quantitative estimate of drug-likeness (QED) is 0.842. The smallest absolute Gasteiger partial charge is 0.222 e. The fraction of sp³-hybridized carbons (Fsp3) is 0.667. The molecule has 88 valence electrons. The Morgan fingerprint density at radius 1 is 1.25 bits per heavy atom. The molecule has 0 radical (unpaired) electrons. The van der Waals surface area contributed by atoms with Crippen molar-refractivity contribution >= 4 is 5.95 Å².